The lowest BCUT2D eigenvalue weighted by molar-refractivity contribution is 0.0949. The fraction of sp³-hybridized carbons (Fsp3) is 0.111. The van der Waals surface area contributed by atoms with Crippen LogP contribution in [-0.4, -0.2) is 21.9 Å². The highest BCUT2D eigenvalue weighted by molar-refractivity contribution is 6.04. The van der Waals surface area contributed by atoms with Crippen LogP contribution in [0.4, 0.5) is 8.78 Å². The highest BCUT2D eigenvalue weighted by Crippen LogP contribution is 2.13. The van der Waals surface area contributed by atoms with Gasteiger partial charge in [0.15, 0.2) is 5.69 Å². The third kappa shape index (κ3) is 3.21. The minimum Gasteiger partial charge on any atom is -0.267 e. The molecule has 0 unspecified atom stereocenters. The lowest BCUT2D eigenvalue weighted by Gasteiger charge is -2.08. The average Bonchev–Trinajstić information content (AvgIpc) is 2.64. The first-order valence-electron chi connectivity index (χ1n) is 7.80. The van der Waals surface area contributed by atoms with Crippen molar-refractivity contribution in [3.05, 3.63) is 75.7 Å². The van der Waals surface area contributed by atoms with Gasteiger partial charge in [-0.25, -0.2) is 18.9 Å². The predicted octanol–water partition coefficient (Wildman–Crippen LogP) is 2.46. The van der Waals surface area contributed by atoms with E-state index >= 15 is 0 Å². The molecule has 0 aliphatic rings. The predicted molar refractivity (Wildman–Crippen MR) is 93.1 cm³/mol. The highest BCUT2D eigenvalue weighted by Gasteiger charge is 2.15. The molecule has 0 atom stereocenters. The molecule has 1 aromatic heterocycles. The SMILES string of the molecule is CCn1nc(C(=O)N/N=C\c2c(F)cccc2F)c2ccccc2c1=O. The van der Waals surface area contributed by atoms with Gasteiger partial charge in [0.2, 0.25) is 0 Å². The summed E-state index contributed by atoms with van der Waals surface area (Å²) in [7, 11) is 0. The van der Waals surface area contributed by atoms with E-state index in [1.54, 1.807) is 31.2 Å². The van der Waals surface area contributed by atoms with E-state index in [-0.39, 0.29) is 23.4 Å². The number of aromatic nitrogens is 2. The second-order valence-electron chi connectivity index (χ2n) is 5.35. The number of halogens is 2. The average molecular weight is 356 g/mol. The first-order valence-corrected chi connectivity index (χ1v) is 7.80. The van der Waals surface area contributed by atoms with Crippen LogP contribution in [0, 0.1) is 11.6 Å². The minimum atomic E-state index is -0.800. The van der Waals surface area contributed by atoms with E-state index in [0.717, 1.165) is 23.0 Å². The van der Waals surface area contributed by atoms with Gasteiger partial charge >= 0.3 is 0 Å². The van der Waals surface area contributed by atoms with Crippen molar-refractivity contribution in [2.75, 3.05) is 0 Å². The van der Waals surface area contributed by atoms with E-state index in [1.807, 2.05) is 0 Å². The summed E-state index contributed by atoms with van der Waals surface area (Å²) in [5, 5.41) is 8.36. The van der Waals surface area contributed by atoms with Crippen molar-refractivity contribution in [1.29, 1.82) is 0 Å². The number of nitrogens with zero attached hydrogens (tertiary/aromatic N) is 3. The van der Waals surface area contributed by atoms with Gasteiger partial charge in [-0.2, -0.15) is 10.2 Å². The molecular weight excluding hydrogens is 342 g/mol. The Balaban J connectivity index is 1.95. The van der Waals surface area contributed by atoms with Crippen LogP contribution < -0.4 is 11.0 Å². The molecule has 0 saturated heterocycles. The number of carbonyl (C=O) groups is 1. The van der Waals surface area contributed by atoms with Gasteiger partial charge in [0, 0.05) is 11.9 Å². The van der Waals surface area contributed by atoms with Crippen molar-refractivity contribution in [2.24, 2.45) is 5.10 Å². The van der Waals surface area contributed by atoms with Gasteiger partial charge in [-0.05, 0) is 25.1 Å². The largest absolute Gasteiger partial charge is 0.292 e. The van der Waals surface area contributed by atoms with Gasteiger partial charge in [-0.15, -0.1) is 0 Å². The Hall–Kier alpha value is -3.42. The van der Waals surface area contributed by atoms with Crippen LogP contribution in [0.25, 0.3) is 10.8 Å². The van der Waals surface area contributed by atoms with Crippen molar-refractivity contribution in [1.82, 2.24) is 15.2 Å². The lowest BCUT2D eigenvalue weighted by atomic mass is 10.1. The number of rotatable bonds is 4. The monoisotopic (exact) mass is 356 g/mol. The van der Waals surface area contributed by atoms with Crippen LogP contribution in [-0.2, 0) is 6.54 Å². The Morgan fingerprint density at radius 3 is 2.46 bits per heavy atom. The molecule has 1 heterocycles. The van der Waals surface area contributed by atoms with Crippen LogP contribution in [0.1, 0.15) is 23.0 Å². The van der Waals surface area contributed by atoms with E-state index in [0.29, 0.717) is 10.8 Å². The van der Waals surface area contributed by atoms with Gasteiger partial charge in [0.1, 0.15) is 11.6 Å². The normalized spacial score (nSPS) is 11.2. The molecule has 0 aliphatic carbocycles. The number of benzene rings is 2. The Morgan fingerprint density at radius 1 is 1.15 bits per heavy atom. The Kier molecular flexibility index (Phi) is 4.83. The first-order chi connectivity index (χ1) is 12.5. The quantitative estimate of drug-likeness (QED) is 0.576. The molecule has 2 aromatic carbocycles. The summed E-state index contributed by atoms with van der Waals surface area (Å²) in [5.41, 5.74) is 1.50. The van der Waals surface area contributed by atoms with Crippen LogP contribution >= 0.6 is 0 Å². The molecule has 3 aromatic rings. The highest BCUT2D eigenvalue weighted by atomic mass is 19.1. The molecular formula is C18H14F2N4O2. The van der Waals surface area contributed by atoms with Crippen molar-refractivity contribution >= 4 is 22.9 Å². The smallest absolute Gasteiger partial charge is 0.267 e. The third-order valence-corrected chi connectivity index (χ3v) is 3.74. The maximum Gasteiger partial charge on any atom is 0.292 e. The van der Waals surface area contributed by atoms with Crippen molar-refractivity contribution in [3.63, 3.8) is 0 Å². The Bertz CT molecular complexity index is 1060. The third-order valence-electron chi connectivity index (χ3n) is 3.74. The summed E-state index contributed by atoms with van der Waals surface area (Å²) in [6, 6.07) is 9.94. The van der Waals surface area contributed by atoms with Gasteiger partial charge < -0.3 is 0 Å². The van der Waals surface area contributed by atoms with Crippen LogP contribution in [0.5, 0.6) is 0 Å². The Labute approximate surface area is 146 Å². The maximum atomic E-state index is 13.6. The fourth-order valence-corrected chi connectivity index (χ4v) is 2.46. The second kappa shape index (κ2) is 7.22. The summed E-state index contributed by atoms with van der Waals surface area (Å²) < 4.78 is 28.3. The van der Waals surface area contributed by atoms with Crippen LogP contribution in [0.15, 0.2) is 52.4 Å². The molecule has 26 heavy (non-hydrogen) atoms. The first kappa shape index (κ1) is 17.4. The summed E-state index contributed by atoms with van der Waals surface area (Å²) in [6.45, 7) is 2.01. The van der Waals surface area contributed by atoms with Gasteiger partial charge in [-0.1, -0.05) is 24.3 Å². The molecule has 8 heteroatoms. The summed E-state index contributed by atoms with van der Waals surface area (Å²) >= 11 is 0. The fourth-order valence-electron chi connectivity index (χ4n) is 2.46. The van der Waals surface area contributed by atoms with E-state index in [1.165, 1.54) is 6.07 Å². The Morgan fingerprint density at radius 2 is 1.81 bits per heavy atom. The molecule has 132 valence electrons. The number of carbonyl (C=O) groups excluding carboxylic acids is 1. The van der Waals surface area contributed by atoms with E-state index in [2.05, 4.69) is 15.6 Å². The standard InChI is InChI=1S/C18H14F2N4O2/c1-2-24-18(26)12-7-4-3-6-11(12)16(23-24)17(25)22-21-10-13-14(19)8-5-9-15(13)20/h3-10H,2H2,1H3,(H,22,25)/b21-10-. The van der Waals surface area contributed by atoms with Crippen molar-refractivity contribution in [3.8, 4) is 0 Å². The molecule has 1 N–H and O–H groups in total. The van der Waals surface area contributed by atoms with Gasteiger partial charge in [-0.3, -0.25) is 9.59 Å². The second-order valence-corrected chi connectivity index (χ2v) is 5.35. The minimum absolute atomic E-state index is 0.00629. The molecule has 0 radical (unpaired) electrons. The molecule has 0 spiro atoms. The zero-order valence-corrected chi connectivity index (χ0v) is 13.7. The summed E-state index contributed by atoms with van der Waals surface area (Å²) in [4.78, 5) is 24.7. The number of hydrogen-bond donors (Lipinski definition) is 1. The number of nitrogens with one attached hydrogen (secondary N) is 1. The van der Waals surface area contributed by atoms with E-state index in [4.69, 9.17) is 0 Å². The zero-order chi connectivity index (χ0) is 18.7. The lowest BCUT2D eigenvalue weighted by Crippen LogP contribution is -2.28. The number of aryl methyl sites for hydroxylation is 1. The summed E-state index contributed by atoms with van der Waals surface area (Å²) in [5.74, 6) is -2.30. The molecule has 3 rings (SSSR count). The molecule has 0 aliphatic heterocycles. The molecule has 0 saturated carbocycles. The van der Waals surface area contributed by atoms with E-state index in [9.17, 15) is 18.4 Å². The van der Waals surface area contributed by atoms with E-state index < -0.39 is 17.5 Å². The topological polar surface area (TPSA) is 76.3 Å². The van der Waals surface area contributed by atoms with Crippen molar-refractivity contribution < 1.29 is 13.6 Å². The molecule has 0 bridgehead atoms. The van der Waals surface area contributed by atoms with Crippen molar-refractivity contribution in [2.45, 2.75) is 13.5 Å². The maximum absolute atomic E-state index is 13.6. The molecule has 0 fully saturated rings. The number of amides is 1. The van der Waals surface area contributed by atoms with Crippen LogP contribution in [0.2, 0.25) is 0 Å². The zero-order valence-electron chi connectivity index (χ0n) is 13.7. The number of hydrazone groups is 1. The number of fused-ring (bicyclic) bond motifs is 1. The van der Waals surface area contributed by atoms with Gasteiger partial charge in [0.25, 0.3) is 11.5 Å². The van der Waals surface area contributed by atoms with Crippen LogP contribution in [0.3, 0.4) is 0 Å². The van der Waals surface area contributed by atoms with Gasteiger partial charge in [0.05, 0.1) is 17.2 Å². The molecule has 6 nitrogen and oxygen atoms in total. The summed E-state index contributed by atoms with van der Waals surface area (Å²) in [6.07, 6.45) is 0.876. The molecule has 1 amide bonds. The number of hydrogen-bond acceptors (Lipinski definition) is 4.